The van der Waals surface area contributed by atoms with Gasteiger partial charge in [-0.25, -0.2) is 19.9 Å². The predicted molar refractivity (Wildman–Crippen MR) is 73.8 cm³/mol. The van der Waals surface area contributed by atoms with E-state index in [0.717, 1.165) is 29.7 Å². The summed E-state index contributed by atoms with van der Waals surface area (Å²) in [6.45, 7) is 1.01. The van der Waals surface area contributed by atoms with Gasteiger partial charge in [-0.15, -0.1) is 0 Å². The Bertz CT molecular complexity index is 595. The molecule has 1 aliphatic rings. The van der Waals surface area contributed by atoms with Crippen LogP contribution in [0.15, 0.2) is 49.3 Å². The van der Waals surface area contributed by atoms with E-state index in [1.54, 1.807) is 12.7 Å². The molecular weight excluding hydrogens is 238 g/mol. The molecule has 5 nitrogen and oxygen atoms in total. The van der Waals surface area contributed by atoms with Gasteiger partial charge < -0.3 is 5.32 Å². The van der Waals surface area contributed by atoms with E-state index in [1.165, 1.54) is 5.56 Å². The van der Waals surface area contributed by atoms with Crippen LogP contribution in [0.3, 0.4) is 0 Å². The van der Waals surface area contributed by atoms with E-state index in [9.17, 15) is 0 Å². The number of anilines is 1. The fourth-order valence-electron chi connectivity index (χ4n) is 1.94. The van der Waals surface area contributed by atoms with Crippen LogP contribution in [0.25, 0.3) is 10.9 Å². The lowest BCUT2D eigenvalue weighted by Gasteiger charge is -1.92. The van der Waals surface area contributed by atoms with Gasteiger partial charge in [0.05, 0.1) is 5.52 Å². The van der Waals surface area contributed by atoms with E-state index in [1.807, 2.05) is 36.7 Å². The molecule has 0 spiro atoms. The number of benzene rings is 1. The maximum absolute atomic E-state index is 4.07. The van der Waals surface area contributed by atoms with Crippen LogP contribution in [0, 0.1) is 0 Å². The number of para-hydroxylation sites is 1. The fraction of sp³-hybridized carbons (Fsp3) is 0.143. The second-order valence-electron chi connectivity index (χ2n) is 4.15. The SMILES string of the molecule is c1ccc2ncncc2c1.c1ncc2c(n1)NCC2. The second kappa shape index (κ2) is 5.39. The summed E-state index contributed by atoms with van der Waals surface area (Å²) in [6.07, 6.45) is 7.86. The van der Waals surface area contributed by atoms with Crippen LogP contribution in [0.4, 0.5) is 5.82 Å². The number of nitrogens with zero attached hydrogens (tertiary/aromatic N) is 4. The highest BCUT2D eigenvalue weighted by atomic mass is 15.0. The smallest absolute Gasteiger partial charge is 0.132 e. The Morgan fingerprint density at radius 3 is 2.68 bits per heavy atom. The van der Waals surface area contributed by atoms with E-state index >= 15 is 0 Å². The number of hydrogen-bond donors (Lipinski definition) is 1. The van der Waals surface area contributed by atoms with Crippen molar-refractivity contribution in [1.29, 1.82) is 0 Å². The first-order chi connectivity index (χ1) is 9.43. The van der Waals surface area contributed by atoms with Crippen LogP contribution in [0.1, 0.15) is 5.56 Å². The zero-order chi connectivity index (χ0) is 12.9. The van der Waals surface area contributed by atoms with Gasteiger partial charge in [0.2, 0.25) is 0 Å². The van der Waals surface area contributed by atoms with Crippen molar-refractivity contribution in [2.24, 2.45) is 0 Å². The molecule has 2 aromatic heterocycles. The van der Waals surface area contributed by atoms with Crippen LogP contribution in [-0.2, 0) is 6.42 Å². The zero-order valence-corrected chi connectivity index (χ0v) is 10.3. The van der Waals surface area contributed by atoms with Crippen LogP contribution in [0.2, 0.25) is 0 Å². The van der Waals surface area contributed by atoms with Crippen LogP contribution in [-0.4, -0.2) is 26.5 Å². The first kappa shape index (κ1) is 11.5. The Morgan fingerprint density at radius 1 is 0.947 bits per heavy atom. The van der Waals surface area contributed by atoms with Gasteiger partial charge in [-0.05, 0) is 12.5 Å². The molecular formula is C14H13N5. The maximum Gasteiger partial charge on any atom is 0.132 e. The minimum Gasteiger partial charge on any atom is -0.369 e. The van der Waals surface area contributed by atoms with Gasteiger partial charge >= 0.3 is 0 Å². The first-order valence-electron chi connectivity index (χ1n) is 6.11. The molecule has 0 atom stereocenters. The third-order valence-corrected chi connectivity index (χ3v) is 2.89. The number of aromatic nitrogens is 4. The van der Waals surface area contributed by atoms with Gasteiger partial charge in [0, 0.05) is 29.9 Å². The molecule has 0 saturated carbocycles. The highest BCUT2D eigenvalue weighted by Gasteiger charge is 2.08. The number of rotatable bonds is 0. The molecule has 1 N–H and O–H groups in total. The fourth-order valence-corrected chi connectivity index (χ4v) is 1.94. The summed E-state index contributed by atoms with van der Waals surface area (Å²) in [7, 11) is 0. The van der Waals surface area contributed by atoms with E-state index in [0.29, 0.717) is 0 Å². The van der Waals surface area contributed by atoms with Crippen molar-refractivity contribution in [3.63, 3.8) is 0 Å². The van der Waals surface area contributed by atoms with Crippen molar-refractivity contribution < 1.29 is 0 Å². The largest absolute Gasteiger partial charge is 0.369 e. The van der Waals surface area contributed by atoms with Gasteiger partial charge in [-0.3, -0.25) is 0 Å². The highest BCUT2D eigenvalue weighted by molar-refractivity contribution is 5.76. The van der Waals surface area contributed by atoms with Crippen LogP contribution >= 0.6 is 0 Å². The molecule has 3 aromatic rings. The van der Waals surface area contributed by atoms with E-state index < -0.39 is 0 Å². The van der Waals surface area contributed by atoms with Gasteiger partial charge in [-0.2, -0.15) is 0 Å². The number of nitrogens with one attached hydrogen (secondary N) is 1. The summed E-state index contributed by atoms with van der Waals surface area (Å²) in [5.74, 6) is 1.00. The van der Waals surface area contributed by atoms with Crippen LogP contribution in [0.5, 0.6) is 0 Å². The molecule has 4 rings (SSSR count). The number of hydrogen-bond acceptors (Lipinski definition) is 5. The lowest BCUT2D eigenvalue weighted by molar-refractivity contribution is 1.09. The van der Waals surface area contributed by atoms with E-state index in [-0.39, 0.29) is 0 Å². The Labute approximate surface area is 110 Å². The van der Waals surface area contributed by atoms with Crippen molar-refractivity contribution in [3.05, 3.63) is 54.9 Å². The summed E-state index contributed by atoms with van der Waals surface area (Å²) in [6, 6.07) is 7.91. The van der Waals surface area contributed by atoms with Crippen molar-refractivity contribution >= 4 is 16.7 Å². The van der Waals surface area contributed by atoms with Crippen molar-refractivity contribution in [2.75, 3.05) is 11.9 Å². The third kappa shape index (κ3) is 2.65. The summed E-state index contributed by atoms with van der Waals surface area (Å²) in [5, 5.41) is 4.24. The number of fused-ring (bicyclic) bond motifs is 2. The van der Waals surface area contributed by atoms with Crippen molar-refractivity contribution in [2.45, 2.75) is 6.42 Å². The third-order valence-electron chi connectivity index (χ3n) is 2.89. The van der Waals surface area contributed by atoms with E-state index in [4.69, 9.17) is 0 Å². The quantitative estimate of drug-likeness (QED) is 0.662. The minimum atomic E-state index is 0.998. The first-order valence-corrected chi connectivity index (χ1v) is 6.11. The molecule has 94 valence electrons. The minimum absolute atomic E-state index is 0.998. The average Bonchev–Trinajstić information content (AvgIpc) is 2.96. The predicted octanol–water partition coefficient (Wildman–Crippen LogP) is 2.07. The molecule has 1 aromatic carbocycles. The monoisotopic (exact) mass is 251 g/mol. The Hall–Kier alpha value is -2.56. The Kier molecular flexibility index (Phi) is 3.27. The standard InChI is InChI=1S/C8H6N2.C6H7N3/c1-2-4-8-7(3-1)5-9-6-10-8;1-2-8-6-5(1)3-7-4-9-6/h1-6H;3-4H,1-2H2,(H,7,8,9). The summed E-state index contributed by atoms with van der Waals surface area (Å²) >= 11 is 0. The van der Waals surface area contributed by atoms with Gasteiger partial charge in [0.1, 0.15) is 18.5 Å². The lowest BCUT2D eigenvalue weighted by Crippen LogP contribution is -1.92. The molecule has 5 heteroatoms. The van der Waals surface area contributed by atoms with Crippen molar-refractivity contribution in [3.8, 4) is 0 Å². The molecule has 0 aliphatic carbocycles. The molecule has 0 amide bonds. The van der Waals surface area contributed by atoms with Gasteiger partial charge in [0.25, 0.3) is 0 Å². The summed E-state index contributed by atoms with van der Waals surface area (Å²) in [4.78, 5) is 15.9. The molecule has 3 heterocycles. The Morgan fingerprint density at radius 2 is 1.79 bits per heavy atom. The molecule has 0 radical (unpaired) electrons. The molecule has 0 fully saturated rings. The highest BCUT2D eigenvalue weighted by Crippen LogP contribution is 2.15. The molecule has 0 bridgehead atoms. The lowest BCUT2D eigenvalue weighted by atomic mass is 10.2. The molecule has 0 saturated heterocycles. The van der Waals surface area contributed by atoms with Crippen molar-refractivity contribution in [1.82, 2.24) is 19.9 Å². The zero-order valence-electron chi connectivity index (χ0n) is 10.3. The Balaban J connectivity index is 0.000000117. The summed E-state index contributed by atoms with van der Waals surface area (Å²) in [5.41, 5.74) is 2.23. The molecule has 1 aliphatic heterocycles. The van der Waals surface area contributed by atoms with Gasteiger partial charge in [-0.1, -0.05) is 18.2 Å². The average molecular weight is 251 g/mol. The molecule has 19 heavy (non-hydrogen) atoms. The maximum atomic E-state index is 4.07. The topological polar surface area (TPSA) is 63.6 Å². The van der Waals surface area contributed by atoms with E-state index in [2.05, 4.69) is 25.3 Å². The second-order valence-corrected chi connectivity index (χ2v) is 4.15. The molecule has 0 unspecified atom stereocenters. The summed E-state index contributed by atoms with van der Waals surface area (Å²) < 4.78 is 0. The normalized spacial score (nSPS) is 12.2. The van der Waals surface area contributed by atoms with Gasteiger partial charge in [0.15, 0.2) is 0 Å². The van der Waals surface area contributed by atoms with Crippen LogP contribution < -0.4 is 5.32 Å².